The van der Waals surface area contributed by atoms with E-state index in [0.29, 0.717) is 6.54 Å². The molecule has 0 unspecified atom stereocenters. The van der Waals surface area contributed by atoms with E-state index < -0.39 is 0 Å². The molecule has 0 aromatic carbocycles. The van der Waals surface area contributed by atoms with Gasteiger partial charge in [0.1, 0.15) is 12.9 Å². The molecule has 1 rings (SSSR count). The monoisotopic (exact) mass is 199 g/mol. The van der Waals surface area contributed by atoms with Crippen molar-refractivity contribution in [1.82, 2.24) is 19.7 Å². The quantitative estimate of drug-likeness (QED) is 0.603. The average molecular weight is 199 g/mol. The smallest absolute Gasteiger partial charge is 0.244 e. The predicted molar refractivity (Wildman–Crippen MR) is 49.2 cm³/mol. The van der Waals surface area contributed by atoms with E-state index in [2.05, 4.69) is 10.1 Å². The largest absolute Gasteiger partial charge is 0.395 e. The van der Waals surface area contributed by atoms with Gasteiger partial charge in [0.25, 0.3) is 0 Å². The van der Waals surface area contributed by atoms with E-state index in [4.69, 9.17) is 10.8 Å². The van der Waals surface area contributed by atoms with E-state index in [1.54, 1.807) is 7.05 Å². The topological polar surface area (TPSA) is 97.3 Å². The molecule has 1 heterocycles. The van der Waals surface area contributed by atoms with Crippen molar-refractivity contribution in [1.29, 1.82) is 0 Å². The lowest BCUT2D eigenvalue weighted by molar-refractivity contribution is -0.131. The summed E-state index contributed by atoms with van der Waals surface area (Å²) in [4.78, 5) is 16.5. The van der Waals surface area contributed by atoms with Crippen LogP contribution in [-0.4, -0.2) is 50.9 Å². The zero-order valence-electron chi connectivity index (χ0n) is 7.92. The number of carbonyl (C=O) groups is 1. The molecule has 0 radical (unpaired) electrons. The van der Waals surface area contributed by atoms with E-state index in [0.717, 1.165) is 0 Å². The number of aliphatic hydroxyl groups excluding tert-OH is 1. The summed E-state index contributed by atoms with van der Waals surface area (Å²) in [6, 6.07) is 0. The first kappa shape index (κ1) is 10.5. The van der Waals surface area contributed by atoms with Gasteiger partial charge in [-0.1, -0.05) is 0 Å². The number of aliphatic hydroxyl groups is 1. The molecule has 1 aromatic rings. The van der Waals surface area contributed by atoms with Crippen LogP contribution in [0.3, 0.4) is 0 Å². The number of anilines is 1. The molecule has 0 fully saturated rings. The fourth-order valence-corrected chi connectivity index (χ4v) is 0.919. The number of amides is 1. The van der Waals surface area contributed by atoms with Gasteiger partial charge in [-0.2, -0.15) is 0 Å². The molecule has 14 heavy (non-hydrogen) atoms. The molecule has 0 aliphatic carbocycles. The molecule has 7 heteroatoms. The molecule has 1 aromatic heterocycles. The molecular formula is C7H13N5O2. The van der Waals surface area contributed by atoms with Crippen LogP contribution in [0.2, 0.25) is 0 Å². The van der Waals surface area contributed by atoms with Gasteiger partial charge in [0.2, 0.25) is 11.9 Å². The van der Waals surface area contributed by atoms with Gasteiger partial charge < -0.3 is 15.7 Å². The first-order valence-corrected chi connectivity index (χ1v) is 4.13. The number of rotatable bonds is 4. The fraction of sp³-hybridized carbons (Fsp3) is 0.571. The second-order valence-corrected chi connectivity index (χ2v) is 2.84. The van der Waals surface area contributed by atoms with Crippen LogP contribution >= 0.6 is 0 Å². The number of hydrogen-bond donors (Lipinski definition) is 2. The SMILES string of the molecule is CN(CCO)C(=O)Cn1cnc(N)n1. The Morgan fingerprint density at radius 3 is 3.00 bits per heavy atom. The molecule has 0 saturated heterocycles. The van der Waals surface area contributed by atoms with Crippen molar-refractivity contribution in [2.24, 2.45) is 0 Å². The Balaban J connectivity index is 2.48. The van der Waals surface area contributed by atoms with Gasteiger partial charge in [-0.25, -0.2) is 9.67 Å². The van der Waals surface area contributed by atoms with Crippen molar-refractivity contribution in [3.05, 3.63) is 6.33 Å². The van der Waals surface area contributed by atoms with Gasteiger partial charge in [0.15, 0.2) is 0 Å². The van der Waals surface area contributed by atoms with Crippen LogP contribution in [0.15, 0.2) is 6.33 Å². The van der Waals surface area contributed by atoms with E-state index in [9.17, 15) is 4.79 Å². The van der Waals surface area contributed by atoms with Crippen molar-refractivity contribution in [3.8, 4) is 0 Å². The third-order valence-corrected chi connectivity index (χ3v) is 1.71. The van der Waals surface area contributed by atoms with Gasteiger partial charge in [-0.15, -0.1) is 5.10 Å². The van der Waals surface area contributed by atoms with Crippen LogP contribution < -0.4 is 5.73 Å². The van der Waals surface area contributed by atoms with Gasteiger partial charge in [-0.05, 0) is 0 Å². The van der Waals surface area contributed by atoms with Gasteiger partial charge in [0, 0.05) is 13.6 Å². The Kier molecular flexibility index (Phi) is 3.41. The maximum absolute atomic E-state index is 11.4. The Hall–Kier alpha value is -1.63. The normalized spacial score (nSPS) is 10.1. The lowest BCUT2D eigenvalue weighted by Gasteiger charge is -2.14. The third-order valence-electron chi connectivity index (χ3n) is 1.71. The van der Waals surface area contributed by atoms with Crippen LogP contribution in [0.25, 0.3) is 0 Å². The molecule has 1 amide bonds. The predicted octanol–water partition coefficient (Wildman–Crippen LogP) is -1.69. The van der Waals surface area contributed by atoms with Crippen LogP contribution in [0.4, 0.5) is 5.95 Å². The minimum absolute atomic E-state index is 0.0538. The molecular weight excluding hydrogens is 186 g/mol. The van der Waals surface area contributed by atoms with Gasteiger partial charge >= 0.3 is 0 Å². The summed E-state index contributed by atoms with van der Waals surface area (Å²) in [7, 11) is 1.61. The van der Waals surface area contributed by atoms with E-state index in [1.807, 2.05) is 0 Å². The van der Waals surface area contributed by atoms with Crippen LogP contribution in [0.1, 0.15) is 0 Å². The number of carbonyl (C=O) groups excluding carboxylic acids is 1. The highest BCUT2D eigenvalue weighted by atomic mass is 16.3. The first-order chi connectivity index (χ1) is 6.63. The van der Waals surface area contributed by atoms with Crippen molar-refractivity contribution in [3.63, 3.8) is 0 Å². The third kappa shape index (κ3) is 2.70. The van der Waals surface area contributed by atoms with Crippen molar-refractivity contribution < 1.29 is 9.90 Å². The highest BCUT2D eigenvalue weighted by Crippen LogP contribution is 1.92. The Morgan fingerprint density at radius 2 is 2.50 bits per heavy atom. The summed E-state index contributed by atoms with van der Waals surface area (Å²) in [5.74, 6) is -0.00781. The van der Waals surface area contributed by atoms with Crippen LogP contribution in [0.5, 0.6) is 0 Å². The molecule has 78 valence electrons. The molecule has 7 nitrogen and oxygen atoms in total. The maximum Gasteiger partial charge on any atom is 0.244 e. The van der Waals surface area contributed by atoms with E-state index >= 15 is 0 Å². The Morgan fingerprint density at radius 1 is 1.79 bits per heavy atom. The molecule has 0 aliphatic heterocycles. The number of nitrogens with two attached hydrogens (primary N) is 1. The standard InChI is InChI=1S/C7H13N5O2/c1-11(2-3-13)6(14)4-12-5-9-7(8)10-12/h5,13H,2-4H2,1H3,(H2,8,10). The van der Waals surface area contributed by atoms with Gasteiger partial charge in [0.05, 0.1) is 6.61 Å². The zero-order valence-corrected chi connectivity index (χ0v) is 7.92. The Bertz CT molecular complexity index is 311. The van der Waals surface area contributed by atoms with Crippen molar-refractivity contribution in [2.75, 3.05) is 25.9 Å². The lowest BCUT2D eigenvalue weighted by Crippen LogP contribution is -2.32. The number of hydrogen-bond acceptors (Lipinski definition) is 5. The molecule has 0 saturated carbocycles. The summed E-state index contributed by atoms with van der Waals surface area (Å²) in [5, 5.41) is 12.4. The summed E-state index contributed by atoms with van der Waals surface area (Å²) in [6.45, 7) is 0.339. The summed E-state index contributed by atoms with van der Waals surface area (Å²) >= 11 is 0. The maximum atomic E-state index is 11.4. The van der Waals surface area contributed by atoms with E-state index in [-0.39, 0.29) is 25.0 Å². The highest BCUT2D eigenvalue weighted by molar-refractivity contribution is 5.75. The van der Waals surface area contributed by atoms with Crippen LogP contribution in [0, 0.1) is 0 Å². The fourth-order valence-electron chi connectivity index (χ4n) is 0.919. The second-order valence-electron chi connectivity index (χ2n) is 2.84. The number of likely N-dealkylation sites (N-methyl/N-ethyl adjacent to an activating group) is 1. The van der Waals surface area contributed by atoms with Crippen molar-refractivity contribution in [2.45, 2.75) is 6.54 Å². The molecule has 0 aliphatic rings. The molecule has 0 atom stereocenters. The van der Waals surface area contributed by atoms with Crippen LogP contribution in [-0.2, 0) is 11.3 Å². The first-order valence-electron chi connectivity index (χ1n) is 4.13. The number of nitrogen functional groups attached to an aromatic ring is 1. The molecule has 0 bridgehead atoms. The summed E-state index contributed by atoms with van der Waals surface area (Å²) in [6.07, 6.45) is 1.39. The number of aromatic nitrogens is 3. The summed E-state index contributed by atoms with van der Waals surface area (Å²) in [5.41, 5.74) is 5.28. The number of nitrogens with zero attached hydrogens (tertiary/aromatic N) is 4. The zero-order chi connectivity index (χ0) is 10.6. The minimum atomic E-state index is -0.149. The van der Waals surface area contributed by atoms with Gasteiger partial charge in [-0.3, -0.25) is 4.79 Å². The summed E-state index contributed by atoms with van der Waals surface area (Å²) < 4.78 is 1.35. The molecule has 3 N–H and O–H groups in total. The van der Waals surface area contributed by atoms with Crippen molar-refractivity contribution >= 4 is 11.9 Å². The lowest BCUT2D eigenvalue weighted by atomic mass is 10.5. The highest BCUT2D eigenvalue weighted by Gasteiger charge is 2.09. The average Bonchev–Trinajstić information content (AvgIpc) is 2.51. The minimum Gasteiger partial charge on any atom is -0.395 e. The second kappa shape index (κ2) is 4.56. The molecule has 0 spiro atoms. The van der Waals surface area contributed by atoms with E-state index in [1.165, 1.54) is 15.9 Å². The Labute approximate surface area is 81.1 Å².